The lowest BCUT2D eigenvalue weighted by atomic mass is 10.0. The predicted octanol–water partition coefficient (Wildman–Crippen LogP) is 1.86. The first-order chi connectivity index (χ1) is 8.09. The van der Waals surface area contributed by atoms with Gasteiger partial charge in [0.15, 0.2) is 0 Å². The Balaban J connectivity index is 2.30. The van der Waals surface area contributed by atoms with Crippen LogP contribution < -0.4 is 4.90 Å². The van der Waals surface area contributed by atoms with Crippen LogP contribution in [0.15, 0.2) is 18.2 Å². The molecule has 90 valence electrons. The molecule has 1 saturated heterocycles. The maximum atomic E-state index is 11.2. The average molecular weight is 233 g/mol. The van der Waals surface area contributed by atoms with Crippen molar-refractivity contribution in [3.8, 4) is 0 Å². The maximum absolute atomic E-state index is 11.2. The lowest BCUT2D eigenvalue weighted by molar-refractivity contribution is -0.119. The Labute approximate surface area is 99.9 Å². The van der Waals surface area contributed by atoms with Crippen LogP contribution in [0, 0.1) is 6.92 Å². The van der Waals surface area contributed by atoms with Crippen molar-refractivity contribution >= 4 is 17.4 Å². The van der Waals surface area contributed by atoms with Crippen LogP contribution in [0.1, 0.15) is 28.8 Å². The number of hydrogen-bond donors (Lipinski definition) is 1. The van der Waals surface area contributed by atoms with Crippen LogP contribution in [0.25, 0.3) is 0 Å². The number of aromatic carboxylic acids is 1. The summed E-state index contributed by atoms with van der Waals surface area (Å²) in [6, 6.07) is 5.27. The molecule has 0 spiro atoms. The summed E-state index contributed by atoms with van der Waals surface area (Å²) in [6.45, 7) is 3.18. The molecule has 1 fully saturated rings. The fraction of sp³-hybridized carbons (Fsp3) is 0.385. The third kappa shape index (κ3) is 2.30. The molecule has 1 aliphatic heterocycles. The molecule has 4 nitrogen and oxygen atoms in total. The molecule has 0 aliphatic carbocycles. The van der Waals surface area contributed by atoms with Gasteiger partial charge in [-0.2, -0.15) is 0 Å². The molecule has 0 radical (unpaired) electrons. The molecule has 1 aromatic rings. The van der Waals surface area contributed by atoms with Crippen molar-refractivity contribution in [3.05, 3.63) is 29.3 Å². The van der Waals surface area contributed by atoms with Gasteiger partial charge in [0.1, 0.15) is 5.78 Å². The highest BCUT2D eigenvalue weighted by Crippen LogP contribution is 2.25. The van der Waals surface area contributed by atoms with Crippen LogP contribution >= 0.6 is 0 Å². The molecule has 4 heteroatoms. The standard InChI is InChI=1S/C13H15NO3/c1-9-11(13(16)17)3-2-4-12(9)14-7-5-10(15)6-8-14/h2-4H,5-8H2,1H3,(H,16,17). The summed E-state index contributed by atoms with van der Waals surface area (Å²) < 4.78 is 0. The molecule has 0 aromatic heterocycles. The van der Waals surface area contributed by atoms with Crippen molar-refractivity contribution < 1.29 is 14.7 Å². The van der Waals surface area contributed by atoms with Crippen LogP contribution in [0.5, 0.6) is 0 Å². The van der Waals surface area contributed by atoms with E-state index in [0.29, 0.717) is 31.5 Å². The van der Waals surface area contributed by atoms with Gasteiger partial charge in [0, 0.05) is 31.6 Å². The lowest BCUT2D eigenvalue weighted by Gasteiger charge is -2.29. The van der Waals surface area contributed by atoms with Gasteiger partial charge in [-0.3, -0.25) is 4.79 Å². The summed E-state index contributed by atoms with van der Waals surface area (Å²) in [5, 5.41) is 9.06. The van der Waals surface area contributed by atoms with Crippen molar-refractivity contribution in [2.24, 2.45) is 0 Å². The van der Waals surface area contributed by atoms with E-state index in [0.717, 1.165) is 11.3 Å². The number of carbonyl (C=O) groups excluding carboxylic acids is 1. The van der Waals surface area contributed by atoms with E-state index in [1.165, 1.54) is 0 Å². The number of Topliss-reactive ketones (excluding diaryl/α,β-unsaturated/α-hetero) is 1. The fourth-order valence-corrected chi connectivity index (χ4v) is 2.19. The second-order valence-corrected chi connectivity index (χ2v) is 4.28. The van der Waals surface area contributed by atoms with Crippen molar-refractivity contribution in [1.29, 1.82) is 0 Å². The Morgan fingerprint density at radius 1 is 1.29 bits per heavy atom. The Morgan fingerprint density at radius 3 is 2.53 bits per heavy atom. The molecule has 0 unspecified atom stereocenters. The van der Waals surface area contributed by atoms with Crippen molar-refractivity contribution in [2.45, 2.75) is 19.8 Å². The summed E-state index contributed by atoms with van der Waals surface area (Å²) in [6.07, 6.45) is 1.10. The third-order valence-corrected chi connectivity index (χ3v) is 3.20. The summed E-state index contributed by atoms with van der Waals surface area (Å²) >= 11 is 0. The van der Waals surface area contributed by atoms with E-state index >= 15 is 0 Å². The molecular weight excluding hydrogens is 218 g/mol. The third-order valence-electron chi connectivity index (χ3n) is 3.20. The number of benzene rings is 1. The highest BCUT2D eigenvalue weighted by molar-refractivity contribution is 5.91. The topological polar surface area (TPSA) is 57.6 Å². The molecule has 1 heterocycles. The van der Waals surface area contributed by atoms with Gasteiger partial charge in [-0.1, -0.05) is 6.07 Å². The first kappa shape index (κ1) is 11.6. The molecule has 0 bridgehead atoms. The molecule has 2 rings (SSSR count). The van der Waals surface area contributed by atoms with Crippen LogP contribution in [0.4, 0.5) is 5.69 Å². The lowest BCUT2D eigenvalue weighted by Crippen LogP contribution is -2.34. The fourth-order valence-electron chi connectivity index (χ4n) is 2.19. The van der Waals surface area contributed by atoms with Crippen LogP contribution in [-0.2, 0) is 4.79 Å². The zero-order valence-corrected chi connectivity index (χ0v) is 9.77. The van der Waals surface area contributed by atoms with E-state index in [1.54, 1.807) is 12.1 Å². The zero-order valence-electron chi connectivity index (χ0n) is 9.77. The monoisotopic (exact) mass is 233 g/mol. The minimum atomic E-state index is -0.905. The van der Waals surface area contributed by atoms with Crippen molar-refractivity contribution in [3.63, 3.8) is 0 Å². The van der Waals surface area contributed by atoms with E-state index in [4.69, 9.17) is 5.11 Å². The summed E-state index contributed by atoms with van der Waals surface area (Å²) in [4.78, 5) is 24.3. The highest BCUT2D eigenvalue weighted by atomic mass is 16.4. The van der Waals surface area contributed by atoms with Gasteiger partial charge < -0.3 is 10.0 Å². The smallest absolute Gasteiger partial charge is 0.336 e. The Hall–Kier alpha value is -1.84. The van der Waals surface area contributed by atoms with Crippen molar-refractivity contribution in [1.82, 2.24) is 0 Å². The molecule has 0 amide bonds. The number of rotatable bonds is 2. The SMILES string of the molecule is Cc1c(C(=O)O)cccc1N1CCC(=O)CC1. The second kappa shape index (κ2) is 4.57. The van der Waals surface area contributed by atoms with Gasteiger partial charge in [0.2, 0.25) is 0 Å². The van der Waals surface area contributed by atoms with Crippen molar-refractivity contribution in [2.75, 3.05) is 18.0 Å². The predicted molar refractivity (Wildman–Crippen MR) is 64.6 cm³/mol. The number of piperidine rings is 1. The average Bonchev–Trinajstić information content (AvgIpc) is 2.30. The van der Waals surface area contributed by atoms with Crippen LogP contribution in [0.3, 0.4) is 0 Å². The molecule has 1 aliphatic rings. The normalized spacial score (nSPS) is 16.1. The summed E-state index contributed by atoms with van der Waals surface area (Å²) in [7, 11) is 0. The molecular formula is C13H15NO3. The minimum Gasteiger partial charge on any atom is -0.478 e. The van der Waals surface area contributed by atoms with Crippen LogP contribution in [0.2, 0.25) is 0 Å². The Bertz CT molecular complexity index is 458. The number of carboxylic acid groups (broad SMARTS) is 1. The number of carboxylic acids is 1. The molecule has 1 N–H and O–H groups in total. The number of nitrogens with zero attached hydrogens (tertiary/aromatic N) is 1. The number of carbonyl (C=O) groups is 2. The van der Waals surface area contributed by atoms with Gasteiger partial charge >= 0.3 is 5.97 Å². The molecule has 0 atom stereocenters. The minimum absolute atomic E-state index is 0.285. The van der Waals surface area contributed by atoms with E-state index in [-0.39, 0.29) is 5.78 Å². The quantitative estimate of drug-likeness (QED) is 0.847. The summed E-state index contributed by atoms with van der Waals surface area (Å²) in [5.41, 5.74) is 2.03. The van der Waals surface area contributed by atoms with E-state index in [2.05, 4.69) is 4.90 Å². The second-order valence-electron chi connectivity index (χ2n) is 4.28. The number of anilines is 1. The maximum Gasteiger partial charge on any atom is 0.336 e. The first-order valence-electron chi connectivity index (χ1n) is 5.69. The Morgan fingerprint density at radius 2 is 1.94 bits per heavy atom. The van der Waals surface area contributed by atoms with Gasteiger partial charge in [-0.15, -0.1) is 0 Å². The molecule has 17 heavy (non-hydrogen) atoms. The largest absolute Gasteiger partial charge is 0.478 e. The first-order valence-corrected chi connectivity index (χ1v) is 5.69. The summed E-state index contributed by atoms with van der Waals surface area (Å²) in [5.74, 6) is -0.620. The van der Waals surface area contributed by atoms with Gasteiger partial charge in [0.25, 0.3) is 0 Å². The Kier molecular flexibility index (Phi) is 3.13. The zero-order chi connectivity index (χ0) is 12.4. The molecule has 0 saturated carbocycles. The number of ketones is 1. The van der Waals surface area contributed by atoms with E-state index in [1.807, 2.05) is 13.0 Å². The van der Waals surface area contributed by atoms with Gasteiger partial charge in [-0.25, -0.2) is 4.79 Å². The van der Waals surface area contributed by atoms with Gasteiger partial charge in [0.05, 0.1) is 5.56 Å². The van der Waals surface area contributed by atoms with E-state index in [9.17, 15) is 9.59 Å². The van der Waals surface area contributed by atoms with Gasteiger partial charge in [-0.05, 0) is 24.6 Å². The molecule has 1 aromatic carbocycles. The number of hydrogen-bond acceptors (Lipinski definition) is 3. The highest BCUT2D eigenvalue weighted by Gasteiger charge is 2.19. The van der Waals surface area contributed by atoms with E-state index < -0.39 is 5.97 Å². The van der Waals surface area contributed by atoms with Crippen LogP contribution in [-0.4, -0.2) is 29.9 Å².